The number of rotatable bonds is 9. The molecule has 142 valence electrons. The molecule has 4 heteroatoms. The van der Waals surface area contributed by atoms with E-state index < -0.39 is 0 Å². The molecule has 0 aliphatic heterocycles. The van der Waals surface area contributed by atoms with Crippen molar-refractivity contribution in [2.75, 3.05) is 28.4 Å². The van der Waals surface area contributed by atoms with Crippen LogP contribution in [0.2, 0.25) is 0 Å². The average molecular weight is 358 g/mol. The lowest BCUT2D eigenvalue weighted by Gasteiger charge is -2.23. The highest BCUT2D eigenvalue weighted by Crippen LogP contribution is 2.40. The molecule has 1 unspecified atom stereocenters. The van der Waals surface area contributed by atoms with Crippen LogP contribution in [0, 0.1) is 0 Å². The van der Waals surface area contributed by atoms with Crippen molar-refractivity contribution in [3.63, 3.8) is 0 Å². The summed E-state index contributed by atoms with van der Waals surface area (Å²) in [5.41, 5.74) is 3.78. The Labute approximate surface area is 157 Å². The molecule has 0 radical (unpaired) electrons. The largest absolute Gasteiger partial charge is 0.493 e. The van der Waals surface area contributed by atoms with Gasteiger partial charge in [-0.2, -0.15) is 0 Å². The third kappa shape index (κ3) is 4.06. The Hall–Kier alpha value is -2.36. The van der Waals surface area contributed by atoms with E-state index in [1.54, 1.807) is 28.4 Å². The predicted octanol–water partition coefficient (Wildman–Crippen LogP) is 5.22. The zero-order valence-corrected chi connectivity index (χ0v) is 16.7. The molecule has 0 saturated carbocycles. The molecule has 26 heavy (non-hydrogen) atoms. The lowest BCUT2D eigenvalue weighted by Crippen LogP contribution is -2.06. The van der Waals surface area contributed by atoms with Gasteiger partial charge in [0.05, 0.1) is 28.4 Å². The minimum Gasteiger partial charge on any atom is -0.493 e. The van der Waals surface area contributed by atoms with Crippen molar-refractivity contribution in [2.24, 2.45) is 0 Å². The van der Waals surface area contributed by atoms with E-state index in [-0.39, 0.29) is 5.92 Å². The summed E-state index contributed by atoms with van der Waals surface area (Å²) >= 11 is 0. The first kappa shape index (κ1) is 20.0. The van der Waals surface area contributed by atoms with Gasteiger partial charge >= 0.3 is 0 Å². The van der Waals surface area contributed by atoms with E-state index in [0.29, 0.717) is 0 Å². The summed E-state index contributed by atoms with van der Waals surface area (Å²) in [4.78, 5) is 0. The van der Waals surface area contributed by atoms with E-state index in [1.165, 1.54) is 16.7 Å². The van der Waals surface area contributed by atoms with E-state index in [9.17, 15) is 0 Å². The van der Waals surface area contributed by atoms with Crippen LogP contribution in [-0.2, 0) is 6.42 Å². The van der Waals surface area contributed by atoms with Crippen LogP contribution in [0.1, 0.15) is 49.3 Å². The fourth-order valence-corrected chi connectivity index (χ4v) is 3.45. The number of methoxy groups -OCH3 is 4. The molecule has 0 bridgehead atoms. The van der Waals surface area contributed by atoms with Crippen molar-refractivity contribution in [3.8, 4) is 23.0 Å². The van der Waals surface area contributed by atoms with Gasteiger partial charge in [0.15, 0.2) is 23.0 Å². The van der Waals surface area contributed by atoms with Crippen molar-refractivity contribution in [1.29, 1.82) is 0 Å². The molecule has 2 aromatic carbocycles. The third-order valence-electron chi connectivity index (χ3n) is 4.76. The summed E-state index contributed by atoms with van der Waals surface area (Å²) in [5.74, 6) is 3.28. The van der Waals surface area contributed by atoms with Gasteiger partial charge in [-0.3, -0.25) is 0 Å². The second kappa shape index (κ2) is 9.37. The first-order chi connectivity index (χ1) is 12.6. The van der Waals surface area contributed by atoms with Crippen LogP contribution in [0.5, 0.6) is 23.0 Å². The van der Waals surface area contributed by atoms with E-state index in [4.69, 9.17) is 18.9 Å². The first-order valence-corrected chi connectivity index (χ1v) is 9.10. The Balaban J connectivity index is 2.58. The van der Waals surface area contributed by atoms with E-state index in [0.717, 1.165) is 42.3 Å². The van der Waals surface area contributed by atoms with Gasteiger partial charge in [0.25, 0.3) is 0 Å². The standard InChI is InChI=1S/C22H30O4/c1-7-9-15-12-21(25-5)22(26-6)14-18(15)17(8-2)16-10-11-19(23-3)20(13-16)24-4/h10-14,17H,7-9H2,1-6H3. The Kier molecular flexibility index (Phi) is 7.19. The van der Waals surface area contributed by atoms with Gasteiger partial charge in [-0.15, -0.1) is 0 Å². The number of hydrogen-bond donors (Lipinski definition) is 0. The van der Waals surface area contributed by atoms with Crippen molar-refractivity contribution < 1.29 is 18.9 Å². The highest BCUT2D eigenvalue weighted by Gasteiger charge is 2.20. The van der Waals surface area contributed by atoms with Crippen molar-refractivity contribution in [1.82, 2.24) is 0 Å². The van der Waals surface area contributed by atoms with E-state index in [2.05, 4.69) is 38.1 Å². The summed E-state index contributed by atoms with van der Waals surface area (Å²) in [7, 11) is 6.68. The van der Waals surface area contributed by atoms with Crippen LogP contribution in [0.3, 0.4) is 0 Å². The van der Waals surface area contributed by atoms with Gasteiger partial charge in [0, 0.05) is 5.92 Å². The lowest BCUT2D eigenvalue weighted by atomic mass is 9.84. The Bertz CT molecular complexity index is 724. The molecular formula is C22H30O4. The molecule has 1 atom stereocenters. The second-order valence-electron chi connectivity index (χ2n) is 6.23. The Morgan fingerprint density at radius 3 is 1.85 bits per heavy atom. The summed E-state index contributed by atoms with van der Waals surface area (Å²) in [6.07, 6.45) is 3.05. The molecule has 0 aliphatic carbocycles. The monoisotopic (exact) mass is 358 g/mol. The molecular weight excluding hydrogens is 328 g/mol. The second-order valence-corrected chi connectivity index (χ2v) is 6.23. The van der Waals surface area contributed by atoms with Gasteiger partial charge in [0.1, 0.15) is 0 Å². The molecule has 0 aromatic heterocycles. The highest BCUT2D eigenvalue weighted by molar-refractivity contribution is 5.52. The number of benzene rings is 2. The molecule has 4 nitrogen and oxygen atoms in total. The van der Waals surface area contributed by atoms with Gasteiger partial charge in [-0.25, -0.2) is 0 Å². The Morgan fingerprint density at radius 2 is 1.31 bits per heavy atom. The highest BCUT2D eigenvalue weighted by atomic mass is 16.5. The zero-order chi connectivity index (χ0) is 19.1. The predicted molar refractivity (Wildman–Crippen MR) is 105 cm³/mol. The molecule has 2 rings (SSSR count). The summed E-state index contributed by atoms with van der Waals surface area (Å²) in [5, 5.41) is 0. The summed E-state index contributed by atoms with van der Waals surface area (Å²) in [6.45, 7) is 4.39. The van der Waals surface area contributed by atoms with Gasteiger partial charge < -0.3 is 18.9 Å². The molecule has 0 aliphatic rings. The normalized spacial score (nSPS) is 11.8. The fraction of sp³-hybridized carbons (Fsp3) is 0.455. The van der Waals surface area contributed by atoms with Crippen LogP contribution in [0.15, 0.2) is 30.3 Å². The number of ether oxygens (including phenoxy) is 4. The van der Waals surface area contributed by atoms with Crippen LogP contribution in [-0.4, -0.2) is 28.4 Å². The maximum absolute atomic E-state index is 5.55. The SMILES string of the molecule is CCCc1cc(OC)c(OC)cc1C(CC)c1ccc(OC)c(OC)c1. The van der Waals surface area contributed by atoms with Gasteiger partial charge in [0.2, 0.25) is 0 Å². The van der Waals surface area contributed by atoms with Crippen LogP contribution in [0.25, 0.3) is 0 Å². The van der Waals surface area contributed by atoms with E-state index in [1.807, 2.05) is 6.07 Å². The quantitative estimate of drug-likeness (QED) is 0.616. The molecule has 0 saturated heterocycles. The van der Waals surface area contributed by atoms with Gasteiger partial charge in [-0.1, -0.05) is 26.3 Å². The Morgan fingerprint density at radius 1 is 0.731 bits per heavy atom. The van der Waals surface area contributed by atoms with Crippen LogP contribution in [0.4, 0.5) is 0 Å². The van der Waals surface area contributed by atoms with Crippen molar-refractivity contribution in [3.05, 3.63) is 47.0 Å². The average Bonchev–Trinajstić information content (AvgIpc) is 2.69. The van der Waals surface area contributed by atoms with Crippen LogP contribution >= 0.6 is 0 Å². The molecule has 0 N–H and O–H groups in total. The van der Waals surface area contributed by atoms with Crippen molar-refractivity contribution in [2.45, 2.75) is 39.0 Å². The fourth-order valence-electron chi connectivity index (χ4n) is 3.45. The van der Waals surface area contributed by atoms with Gasteiger partial charge in [-0.05, 0) is 53.8 Å². The molecule has 0 spiro atoms. The minimum atomic E-state index is 0.246. The number of aryl methyl sites for hydroxylation is 1. The summed E-state index contributed by atoms with van der Waals surface area (Å²) in [6, 6.07) is 10.4. The lowest BCUT2D eigenvalue weighted by molar-refractivity contribution is 0.353. The third-order valence-corrected chi connectivity index (χ3v) is 4.76. The maximum atomic E-state index is 5.55. The molecule has 0 heterocycles. The topological polar surface area (TPSA) is 36.9 Å². The van der Waals surface area contributed by atoms with Crippen molar-refractivity contribution >= 4 is 0 Å². The molecule has 0 amide bonds. The summed E-state index contributed by atoms with van der Waals surface area (Å²) < 4.78 is 21.9. The van der Waals surface area contributed by atoms with Crippen LogP contribution < -0.4 is 18.9 Å². The minimum absolute atomic E-state index is 0.246. The zero-order valence-electron chi connectivity index (χ0n) is 16.7. The maximum Gasteiger partial charge on any atom is 0.161 e. The molecule has 2 aromatic rings. The number of hydrogen-bond acceptors (Lipinski definition) is 4. The van der Waals surface area contributed by atoms with E-state index >= 15 is 0 Å². The molecule has 0 fully saturated rings. The smallest absolute Gasteiger partial charge is 0.161 e. The first-order valence-electron chi connectivity index (χ1n) is 9.10.